The van der Waals surface area contributed by atoms with Crippen molar-refractivity contribution >= 4 is 15.9 Å². The second kappa shape index (κ2) is 11.3. The maximum atomic E-state index is 13.0. The molecule has 174 valence electrons. The summed E-state index contributed by atoms with van der Waals surface area (Å²) in [5, 5.41) is 2.90. The predicted molar refractivity (Wildman–Crippen MR) is 120 cm³/mol. The van der Waals surface area contributed by atoms with Gasteiger partial charge >= 0.3 is 0 Å². The molecule has 0 spiro atoms. The zero-order valence-corrected chi connectivity index (χ0v) is 19.3. The summed E-state index contributed by atoms with van der Waals surface area (Å²) in [6.07, 6.45) is 0.558. The van der Waals surface area contributed by atoms with E-state index in [0.717, 1.165) is 11.3 Å². The minimum Gasteiger partial charge on any atom is -0.496 e. The average molecular weight is 463 g/mol. The molecule has 1 N–H and O–H groups in total. The van der Waals surface area contributed by atoms with Crippen molar-refractivity contribution in [3.8, 4) is 11.5 Å². The second-order valence-electron chi connectivity index (χ2n) is 7.31. The summed E-state index contributed by atoms with van der Waals surface area (Å²) in [6.45, 7) is 4.25. The number of carbonyl (C=O) groups excluding carboxylic acids is 1. The van der Waals surface area contributed by atoms with E-state index in [1.54, 1.807) is 12.1 Å². The first-order valence-corrected chi connectivity index (χ1v) is 12.1. The number of amides is 1. The van der Waals surface area contributed by atoms with Gasteiger partial charge in [0.15, 0.2) is 0 Å². The molecule has 0 aliphatic carbocycles. The highest BCUT2D eigenvalue weighted by atomic mass is 32.2. The van der Waals surface area contributed by atoms with Crippen molar-refractivity contribution in [1.29, 1.82) is 0 Å². The number of methoxy groups -OCH3 is 1. The van der Waals surface area contributed by atoms with Gasteiger partial charge < -0.3 is 19.5 Å². The third-order valence-corrected chi connectivity index (χ3v) is 7.12. The van der Waals surface area contributed by atoms with E-state index in [1.165, 1.54) is 17.5 Å². The number of para-hydroxylation sites is 1. The van der Waals surface area contributed by atoms with Crippen LogP contribution in [0.25, 0.3) is 0 Å². The number of carbonyl (C=O) groups is 1. The van der Waals surface area contributed by atoms with Crippen LogP contribution in [0.15, 0.2) is 47.4 Å². The summed E-state index contributed by atoms with van der Waals surface area (Å²) < 4.78 is 43.6. The molecular formula is C23H30N2O6S. The molecule has 3 rings (SSSR count). The standard InChI is InChI=1S/C23H30N2O6S/c1-3-31-22-7-5-4-6-19(22)17-24-23(26)11-8-18-16-20(9-10-21(18)29-2)32(27,28)25-12-14-30-15-13-25/h4-7,9-10,16H,3,8,11-15,17H2,1-2H3,(H,24,26). The summed E-state index contributed by atoms with van der Waals surface area (Å²) in [7, 11) is -2.09. The van der Waals surface area contributed by atoms with E-state index in [9.17, 15) is 13.2 Å². The molecule has 0 bridgehead atoms. The number of sulfonamides is 1. The quantitative estimate of drug-likeness (QED) is 0.583. The van der Waals surface area contributed by atoms with Crippen molar-refractivity contribution in [3.63, 3.8) is 0 Å². The molecule has 1 aliphatic heterocycles. The van der Waals surface area contributed by atoms with E-state index >= 15 is 0 Å². The van der Waals surface area contributed by atoms with Crippen molar-refractivity contribution < 1.29 is 27.4 Å². The molecule has 1 heterocycles. The Morgan fingerprint density at radius 3 is 2.56 bits per heavy atom. The minimum absolute atomic E-state index is 0.139. The molecule has 0 atom stereocenters. The Bertz CT molecular complexity index is 1020. The average Bonchev–Trinajstić information content (AvgIpc) is 2.82. The Balaban J connectivity index is 1.65. The fourth-order valence-corrected chi connectivity index (χ4v) is 4.98. The topological polar surface area (TPSA) is 94.2 Å². The van der Waals surface area contributed by atoms with Gasteiger partial charge in [-0.3, -0.25) is 4.79 Å². The van der Waals surface area contributed by atoms with Crippen LogP contribution in [0.1, 0.15) is 24.5 Å². The van der Waals surface area contributed by atoms with E-state index in [1.807, 2.05) is 31.2 Å². The molecule has 0 saturated carbocycles. The zero-order chi connectivity index (χ0) is 23.0. The number of rotatable bonds is 10. The van der Waals surface area contributed by atoms with Crippen LogP contribution in [0.4, 0.5) is 0 Å². The van der Waals surface area contributed by atoms with Gasteiger partial charge in [0.25, 0.3) is 0 Å². The lowest BCUT2D eigenvalue weighted by Gasteiger charge is -2.26. The van der Waals surface area contributed by atoms with Gasteiger partial charge in [-0.15, -0.1) is 0 Å². The molecular weight excluding hydrogens is 432 g/mol. The summed E-state index contributed by atoms with van der Waals surface area (Å²) >= 11 is 0. The van der Waals surface area contributed by atoms with Gasteiger partial charge in [-0.05, 0) is 43.2 Å². The Morgan fingerprint density at radius 2 is 1.84 bits per heavy atom. The van der Waals surface area contributed by atoms with Crippen LogP contribution in [-0.4, -0.2) is 58.7 Å². The van der Waals surface area contributed by atoms with Crippen LogP contribution in [0.5, 0.6) is 11.5 Å². The molecule has 0 radical (unpaired) electrons. The maximum absolute atomic E-state index is 13.0. The van der Waals surface area contributed by atoms with Gasteiger partial charge in [0.2, 0.25) is 15.9 Å². The molecule has 2 aromatic rings. The maximum Gasteiger partial charge on any atom is 0.243 e. The summed E-state index contributed by atoms with van der Waals surface area (Å²) in [5.74, 6) is 1.17. The van der Waals surface area contributed by atoms with Crippen LogP contribution in [0.2, 0.25) is 0 Å². The fraction of sp³-hybridized carbons (Fsp3) is 0.435. The molecule has 2 aromatic carbocycles. The number of ether oxygens (including phenoxy) is 3. The Hall–Kier alpha value is -2.62. The van der Waals surface area contributed by atoms with Gasteiger partial charge in [0, 0.05) is 31.6 Å². The Morgan fingerprint density at radius 1 is 1.09 bits per heavy atom. The second-order valence-corrected chi connectivity index (χ2v) is 9.25. The predicted octanol–water partition coefficient (Wildman–Crippen LogP) is 2.36. The zero-order valence-electron chi connectivity index (χ0n) is 18.5. The van der Waals surface area contributed by atoms with E-state index in [4.69, 9.17) is 14.2 Å². The smallest absolute Gasteiger partial charge is 0.243 e. The minimum atomic E-state index is -3.62. The Labute approximate surface area is 189 Å². The fourth-order valence-electron chi connectivity index (χ4n) is 3.52. The van der Waals surface area contributed by atoms with E-state index in [-0.39, 0.29) is 17.2 Å². The third-order valence-electron chi connectivity index (χ3n) is 5.23. The molecule has 9 heteroatoms. The van der Waals surface area contributed by atoms with Gasteiger partial charge in [0.1, 0.15) is 11.5 Å². The number of nitrogens with one attached hydrogen (secondary N) is 1. The van der Waals surface area contributed by atoms with Crippen molar-refractivity contribution in [2.45, 2.75) is 31.2 Å². The van der Waals surface area contributed by atoms with Crippen LogP contribution in [0, 0.1) is 0 Å². The highest BCUT2D eigenvalue weighted by Gasteiger charge is 2.27. The number of aryl methyl sites for hydroxylation is 1. The summed E-state index contributed by atoms with van der Waals surface area (Å²) in [6, 6.07) is 12.3. The van der Waals surface area contributed by atoms with E-state index in [2.05, 4.69) is 5.32 Å². The number of morpholine rings is 1. The monoisotopic (exact) mass is 462 g/mol. The summed E-state index contributed by atoms with van der Waals surface area (Å²) in [4.78, 5) is 12.7. The number of nitrogens with zero attached hydrogens (tertiary/aromatic N) is 1. The lowest BCUT2D eigenvalue weighted by atomic mass is 10.1. The largest absolute Gasteiger partial charge is 0.496 e. The lowest BCUT2D eigenvalue weighted by Crippen LogP contribution is -2.40. The number of hydrogen-bond donors (Lipinski definition) is 1. The first-order valence-electron chi connectivity index (χ1n) is 10.7. The molecule has 1 aliphatic rings. The van der Waals surface area contributed by atoms with Crippen LogP contribution >= 0.6 is 0 Å². The molecule has 0 aromatic heterocycles. The van der Waals surface area contributed by atoms with Gasteiger partial charge in [-0.2, -0.15) is 4.31 Å². The molecule has 1 amide bonds. The molecule has 1 fully saturated rings. The number of hydrogen-bond acceptors (Lipinski definition) is 6. The molecule has 1 saturated heterocycles. The third kappa shape index (κ3) is 5.99. The van der Waals surface area contributed by atoms with Crippen molar-refractivity contribution in [2.24, 2.45) is 0 Å². The van der Waals surface area contributed by atoms with Gasteiger partial charge in [0.05, 0.1) is 31.8 Å². The highest BCUT2D eigenvalue weighted by Crippen LogP contribution is 2.26. The first-order chi connectivity index (χ1) is 15.5. The normalized spacial score (nSPS) is 14.7. The SMILES string of the molecule is CCOc1ccccc1CNC(=O)CCc1cc(S(=O)(=O)N2CCOCC2)ccc1OC. The van der Waals surface area contributed by atoms with Gasteiger partial charge in [-0.1, -0.05) is 18.2 Å². The molecule has 32 heavy (non-hydrogen) atoms. The highest BCUT2D eigenvalue weighted by molar-refractivity contribution is 7.89. The Kier molecular flexibility index (Phi) is 8.49. The van der Waals surface area contributed by atoms with E-state index in [0.29, 0.717) is 57.2 Å². The van der Waals surface area contributed by atoms with Crippen molar-refractivity contribution in [3.05, 3.63) is 53.6 Å². The van der Waals surface area contributed by atoms with E-state index < -0.39 is 10.0 Å². The van der Waals surface area contributed by atoms with Crippen molar-refractivity contribution in [2.75, 3.05) is 40.0 Å². The molecule has 8 nitrogen and oxygen atoms in total. The van der Waals surface area contributed by atoms with Crippen LogP contribution in [-0.2, 0) is 32.5 Å². The molecule has 0 unspecified atom stereocenters. The van der Waals surface area contributed by atoms with Crippen LogP contribution < -0.4 is 14.8 Å². The summed E-state index contributed by atoms with van der Waals surface area (Å²) in [5.41, 5.74) is 1.57. The first kappa shape index (κ1) is 24.0. The van der Waals surface area contributed by atoms with Crippen molar-refractivity contribution in [1.82, 2.24) is 9.62 Å². The lowest BCUT2D eigenvalue weighted by molar-refractivity contribution is -0.121. The van der Waals surface area contributed by atoms with Gasteiger partial charge in [-0.25, -0.2) is 8.42 Å². The van der Waals surface area contributed by atoms with Crippen LogP contribution in [0.3, 0.4) is 0 Å². The number of benzene rings is 2.